The van der Waals surface area contributed by atoms with Crippen LogP contribution < -0.4 is 9.64 Å². The Bertz CT molecular complexity index is 1130. The number of benzene rings is 3. The quantitative estimate of drug-likeness (QED) is 0.262. The summed E-state index contributed by atoms with van der Waals surface area (Å²) in [5.41, 5.74) is 1.67. The number of carbonyl (C=O) groups is 2. The van der Waals surface area contributed by atoms with Gasteiger partial charge in [-0.05, 0) is 42.3 Å². The number of hydrogen-bond acceptors (Lipinski definition) is 6. The van der Waals surface area contributed by atoms with Gasteiger partial charge in [0.25, 0.3) is 5.69 Å². The van der Waals surface area contributed by atoms with Crippen LogP contribution in [0.2, 0.25) is 0 Å². The Balaban J connectivity index is 1.81. The first-order valence-corrected chi connectivity index (χ1v) is 10.4. The molecular weight excluding hydrogens is 424 g/mol. The van der Waals surface area contributed by atoms with E-state index < -0.39 is 16.8 Å². The molecule has 3 rings (SSSR count). The van der Waals surface area contributed by atoms with Crippen LogP contribution in [0.15, 0.2) is 72.8 Å². The van der Waals surface area contributed by atoms with Gasteiger partial charge in [-0.15, -0.1) is 0 Å². The minimum absolute atomic E-state index is 0.0301. The fraction of sp³-hybridized carbons (Fsp3) is 0.200. The molecule has 0 atom stereocenters. The van der Waals surface area contributed by atoms with Crippen molar-refractivity contribution in [3.8, 4) is 5.75 Å². The number of ether oxygens (including phenoxy) is 2. The van der Waals surface area contributed by atoms with E-state index in [9.17, 15) is 19.7 Å². The average Bonchev–Trinajstić information content (AvgIpc) is 2.82. The summed E-state index contributed by atoms with van der Waals surface area (Å²) in [6.07, 6.45) is 0. The standard InChI is InChI=1S/C25H24N2O6/c1-3-32-25(29)21-11-14-23(27(30)31)24(15-21)26(18(2)28)16-19-9-12-22(13-10-19)33-17-20-7-5-4-6-8-20/h4-15H,3,16-17H2,1-2H3. The zero-order valence-electron chi connectivity index (χ0n) is 18.4. The van der Waals surface area contributed by atoms with E-state index in [1.165, 1.54) is 30.0 Å². The average molecular weight is 448 g/mol. The zero-order valence-corrected chi connectivity index (χ0v) is 18.4. The molecule has 3 aromatic rings. The largest absolute Gasteiger partial charge is 0.489 e. The van der Waals surface area contributed by atoms with Crippen LogP contribution >= 0.6 is 0 Å². The van der Waals surface area contributed by atoms with E-state index in [0.717, 1.165) is 11.1 Å². The molecule has 1 amide bonds. The lowest BCUT2D eigenvalue weighted by Gasteiger charge is -2.22. The SMILES string of the molecule is CCOC(=O)c1ccc([N+](=O)[O-])c(N(Cc2ccc(OCc3ccccc3)cc2)C(C)=O)c1. The van der Waals surface area contributed by atoms with Crippen molar-refractivity contribution in [3.05, 3.63) is 99.6 Å². The Morgan fingerprint density at radius 1 is 0.970 bits per heavy atom. The highest BCUT2D eigenvalue weighted by Crippen LogP contribution is 2.31. The molecular formula is C25H24N2O6. The van der Waals surface area contributed by atoms with Crippen molar-refractivity contribution in [1.29, 1.82) is 0 Å². The van der Waals surface area contributed by atoms with Gasteiger partial charge in [-0.3, -0.25) is 14.9 Å². The maximum absolute atomic E-state index is 12.4. The van der Waals surface area contributed by atoms with Crippen LogP contribution in [0.3, 0.4) is 0 Å². The van der Waals surface area contributed by atoms with E-state index in [1.54, 1.807) is 31.2 Å². The molecule has 0 fully saturated rings. The molecule has 8 heteroatoms. The van der Waals surface area contributed by atoms with Gasteiger partial charge in [-0.25, -0.2) is 4.79 Å². The van der Waals surface area contributed by atoms with Crippen LogP contribution in [0, 0.1) is 10.1 Å². The summed E-state index contributed by atoms with van der Waals surface area (Å²) < 4.78 is 10.8. The summed E-state index contributed by atoms with van der Waals surface area (Å²) in [7, 11) is 0. The minimum atomic E-state index is -0.614. The number of nitro benzene ring substituents is 1. The van der Waals surface area contributed by atoms with Crippen molar-refractivity contribution in [2.24, 2.45) is 0 Å². The molecule has 0 aliphatic rings. The lowest BCUT2D eigenvalue weighted by atomic mass is 10.1. The van der Waals surface area contributed by atoms with E-state index >= 15 is 0 Å². The van der Waals surface area contributed by atoms with Crippen molar-refractivity contribution < 1.29 is 24.0 Å². The summed E-state index contributed by atoms with van der Waals surface area (Å²) in [4.78, 5) is 36.8. The Kier molecular flexibility index (Phi) is 7.75. The maximum Gasteiger partial charge on any atom is 0.338 e. The van der Waals surface area contributed by atoms with E-state index in [-0.39, 0.29) is 30.1 Å². The molecule has 170 valence electrons. The van der Waals surface area contributed by atoms with Gasteiger partial charge in [0, 0.05) is 13.0 Å². The van der Waals surface area contributed by atoms with E-state index in [2.05, 4.69) is 0 Å². The second kappa shape index (κ2) is 10.9. The Hall–Kier alpha value is -4.20. The third-order valence-electron chi connectivity index (χ3n) is 4.87. The molecule has 0 bridgehead atoms. The highest BCUT2D eigenvalue weighted by Gasteiger charge is 2.25. The van der Waals surface area contributed by atoms with Crippen LogP contribution in [0.25, 0.3) is 0 Å². The van der Waals surface area contributed by atoms with Gasteiger partial charge in [-0.1, -0.05) is 42.5 Å². The highest BCUT2D eigenvalue weighted by molar-refractivity contribution is 5.97. The highest BCUT2D eigenvalue weighted by atomic mass is 16.6. The lowest BCUT2D eigenvalue weighted by Crippen LogP contribution is -2.28. The van der Waals surface area contributed by atoms with Crippen LogP contribution in [0.5, 0.6) is 5.75 Å². The van der Waals surface area contributed by atoms with Gasteiger partial charge in [0.05, 0.1) is 23.6 Å². The number of nitrogens with zero attached hydrogens (tertiary/aromatic N) is 2. The Labute approximate surface area is 191 Å². The fourth-order valence-corrected chi connectivity index (χ4v) is 3.22. The molecule has 0 saturated heterocycles. The normalized spacial score (nSPS) is 10.4. The molecule has 0 N–H and O–H groups in total. The van der Waals surface area contributed by atoms with Crippen LogP contribution in [0.1, 0.15) is 35.3 Å². The smallest absolute Gasteiger partial charge is 0.338 e. The molecule has 0 aromatic heterocycles. The number of hydrogen-bond donors (Lipinski definition) is 0. The topological polar surface area (TPSA) is 99.0 Å². The lowest BCUT2D eigenvalue weighted by molar-refractivity contribution is -0.384. The van der Waals surface area contributed by atoms with Crippen LogP contribution in [-0.4, -0.2) is 23.4 Å². The summed E-state index contributed by atoms with van der Waals surface area (Å²) >= 11 is 0. The summed E-state index contributed by atoms with van der Waals surface area (Å²) in [5, 5.41) is 11.6. The van der Waals surface area contributed by atoms with Gasteiger partial charge >= 0.3 is 5.97 Å². The summed E-state index contributed by atoms with van der Waals surface area (Å²) in [6.45, 7) is 3.66. The maximum atomic E-state index is 12.4. The van der Waals surface area contributed by atoms with Crippen molar-refractivity contribution >= 4 is 23.3 Å². The molecule has 0 radical (unpaired) electrons. The van der Waals surface area contributed by atoms with Gasteiger partial charge in [0.2, 0.25) is 5.91 Å². The zero-order chi connectivity index (χ0) is 23.8. The van der Waals surface area contributed by atoms with E-state index in [1.807, 2.05) is 30.3 Å². The molecule has 0 saturated carbocycles. The van der Waals surface area contributed by atoms with Gasteiger partial charge in [-0.2, -0.15) is 0 Å². The Morgan fingerprint density at radius 3 is 2.27 bits per heavy atom. The molecule has 0 heterocycles. The molecule has 0 spiro atoms. The van der Waals surface area contributed by atoms with Gasteiger partial charge in [0.15, 0.2) is 0 Å². The predicted molar refractivity (Wildman–Crippen MR) is 123 cm³/mol. The number of anilines is 1. The van der Waals surface area contributed by atoms with Gasteiger partial charge < -0.3 is 14.4 Å². The third-order valence-corrected chi connectivity index (χ3v) is 4.87. The van der Waals surface area contributed by atoms with Crippen molar-refractivity contribution in [2.45, 2.75) is 27.0 Å². The van der Waals surface area contributed by atoms with Crippen molar-refractivity contribution in [1.82, 2.24) is 0 Å². The molecule has 0 unspecified atom stereocenters. The fourth-order valence-electron chi connectivity index (χ4n) is 3.22. The second-order valence-corrected chi connectivity index (χ2v) is 7.20. The first-order valence-electron chi connectivity index (χ1n) is 10.4. The number of esters is 1. The first-order chi connectivity index (χ1) is 15.9. The molecule has 0 aliphatic heterocycles. The molecule has 3 aromatic carbocycles. The number of amides is 1. The van der Waals surface area contributed by atoms with Crippen LogP contribution in [-0.2, 0) is 22.7 Å². The van der Waals surface area contributed by atoms with Crippen molar-refractivity contribution in [3.63, 3.8) is 0 Å². The minimum Gasteiger partial charge on any atom is -0.489 e. The van der Waals surface area contributed by atoms with Crippen molar-refractivity contribution in [2.75, 3.05) is 11.5 Å². The Morgan fingerprint density at radius 2 is 1.67 bits per heavy atom. The summed E-state index contributed by atoms with van der Waals surface area (Å²) in [5.74, 6) is -0.354. The van der Waals surface area contributed by atoms with Gasteiger partial charge in [0.1, 0.15) is 18.0 Å². The van der Waals surface area contributed by atoms with E-state index in [4.69, 9.17) is 9.47 Å². The predicted octanol–water partition coefficient (Wildman–Crippen LogP) is 4.90. The van der Waals surface area contributed by atoms with E-state index in [0.29, 0.717) is 12.4 Å². The number of carbonyl (C=O) groups excluding carboxylic acids is 2. The molecule has 0 aliphatic carbocycles. The monoisotopic (exact) mass is 448 g/mol. The van der Waals surface area contributed by atoms with Crippen LogP contribution in [0.4, 0.5) is 11.4 Å². The number of nitro groups is 1. The number of rotatable bonds is 9. The second-order valence-electron chi connectivity index (χ2n) is 7.20. The third kappa shape index (κ3) is 6.16. The summed E-state index contributed by atoms with van der Waals surface area (Å²) in [6, 6.07) is 20.7. The molecule has 33 heavy (non-hydrogen) atoms. The first kappa shape index (κ1) is 23.5. The molecule has 8 nitrogen and oxygen atoms in total.